The monoisotopic (exact) mass is 725 g/mol. The molecule has 0 aliphatic heterocycles. The van der Waals surface area contributed by atoms with Crippen molar-refractivity contribution in [1.82, 2.24) is 9.97 Å². The van der Waals surface area contributed by atoms with E-state index in [4.69, 9.17) is 9.97 Å². The largest absolute Gasteiger partial charge is 0.228 e. The van der Waals surface area contributed by atoms with Crippen LogP contribution in [0.25, 0.3) is 67.3 Å². The van der Waals surface area contributed by atoms with Crippen LogP contribution < -0.4 is 0 Å². The molecule has 1 aliphatic rings. The second kappa shape index (κ2) is 14.2. The number of benzene rings is 8. The molecule has 3 nitrogen and oxygen atoms in total. The van der Waals surface area contributed by atoms with E-state index in [1.54, 1.807) is 0 Å². The van der Waals surface area contributed by atoms with E-state index in [9.17, 15) is 5.26 Å². The van der Waals surface area contributed by atoms with Crippen LogP contribution >= 0.6 is 0 Å². The Balaban J connectivity index is 1.17. The van der Waals surface area contributed by atoms with E-state index in [1.807, 2.05) is 48.5 Å². The molecular formula is C54H35N3. The number of rotatable bonds is 7. The standard InChI is InChI=1S/C54H35N3/c55-36-37-28-30-38(31-29-37)41-18-11-19-42(32-41)43-20-12-22-45(33-43)54(49-26-9-7-24-47(49)48-25-8-10-27-50(48)54)46-23-13-21-44(34-46)52-35-51(39-14-3-1-4-15-39)56-53(57-52)40-16-5-2-6-17-40/h1-35H. The summed E-state index contributed by atoms with van der Waals surface area (Å²) >= 11 is 0. The maximum absolute atomic E-state index is 9.36. The summed E-state index contributed by atoms with van der Waals surface area (Å²) in [7, 11) is 0. The second-order valence-corrected chi connectivity index (χ2v) is 14.5. The molecule has 1 aliphatic carbocycles. The fraction of sp³-hybridized carbons (Fsp3) is 0.0185. The molecule has 0 fully saturated rings. The van der Waals surface area contributed by atoms with Gasteiger partial charge in [-0.15, -0.1) is 0 Å². The van der Waals surface area contributed by atoms with Crippen molar-refractivity contribution in [3.8, 4) is 73.4 Å². The molecule has 266 valence electrons. The molecule has 10 rings (SSSR count). The van der Waals surface area contributed by atoms with E-state index < -0.39 is 5.41 Å². The molecular weight excluding hydrogens is 691 g/mol. The summed E-state index contributed by atoms with van der Waals surface area (Å²) < 4.78 is 0. The number of nitrogens with zero attached hydrogens (tertiary/aromatic N) is 3. The minimum atomic E-state index is -0.610. The number of hydrogen-bond donors (Lipinski definition) is 0. The highest BCUT2D eigenvalue weighted by Gasteiger charge is 2.46. The number of hydrogen-bond acceptors (Lipinski definition) is 3. The molecule has 0 bridgehead atoms. The molecule has 0 saturated heterocycles. The Kier molecular flexibility index (Phi) is 8.43. The molecule has 0 amide bonds. The quantitative estimate of drug-likeness (QED) is 0.164. The highest BCUT2D eigenvalue weighted by Crippen LogP contribution is 2.56. The predicted octanol–water partition coefficient (Wildman–Crippen LogP) is 13.0. The van der Waals surface area contributed by atoms with E-state index in [2.05, 4.69) is 170 Å². The maximum atomic E-state index is 9.36. The van der Waals surface area contributed by atoms with E-state index in [0.29, 0.717) is 11.4 Å². The number of aromatic nitrogens is 2. The molecule has 0 atom stereocenters. The Labute approximate surface area is 332 Å². The zero-order valence-electron chi connectivity index (χ0n) is 31.0. The van der Waals surface area contributed by atoms with Gasteiger partial charge in [-0.05, 0) is 92.0 Å². The maximum Gasteiger partial charge on any atom is 0.160 e. The van der Waals surface area contributed by atoms with Gasteiger partial charge in [-0.1, -0.05) is 176 Å². The van der Waals surface area contributed by atoms with E-state index in [1.165, 1.54) is 33.4 Å². The lowest BCUT2D eigenvalue weighted by Gasteiger charge is -2.34. The molecule has 9 aromatic rings. The Hall–Kier alpha value is -7.67. The summed E-state index contributed by atoms with van der Waals surface area (Å²) in [6.45, 7) is 0. The fourth-order valence-corrected chi connectivity index (χ4v) is 8.55. The zero-order chi connectivity index (χ0) is 38.2. The number of fused-ring (bicyclic) bond motifs is 3. The van der Waals surface area contributed by atoms with Gasteiger partial charge in [-0.3, -0.25) is 0 Å². The first-order valence-electron chi connectivity index (χ1n) is 19.2. The van der Waals surface area contributed by atoms with E-state index in [-0.39, 0.29) is 0 Å². The lowest BCUT2D eigenvalue weighted by molar-refractivity contribution is 0.769. The van der Waals surface area contributed by atoms with Gasteiger partial charge in [0, 0.05) is 16.7 Å². The lowest BCUT2D eigenvalue weighted by atomic mass is 9.67. The van der Waals surface area contributed by atoms with Crippen molar-refractivity contribution in [2.75, 3.05) is 0 Å². The fourth-order valence-electron chi connectivity index (χ4n) is 8.55. The average molecular weight is 726 g/mol. The summed E-state index contributed by atoms with van der Waals surface area (Å²) in [6.07, 6.45) is 0. The molecule has 3 heteroatoms. The summed E-state index contributed by atoms with van der Waals surface area (Å²) in [5.74, 6) is 0.694. The van der Waals surface area contributed by atoms with Crippen LogP contribution in [0.3, 0.4) is 0 Å². The Morgan fingerprint density at radius 2 is 0.807 bits per heavy atom. The van der Waals surface area contributed by atoms with Crippen LogP contribution in [-0.4, -0.2) is 9.97 Å². The summed E-state index contributed by atoms with van der Waals surface area (Å²) in [5.41, 5.74) is 16.6. The smallest absolute Gasteiger partial charge is 0.160 e. The Morgan fingerprint density at radius 1 is 0.351 bits per heavy atom. The molecule has 0 radical (unpaired) electrons. The van der Waals surface area contributed by atoms with Gasteiger partial charge in [-0.25, -0.2) is 9.97 Å². The first-order chi connectivity index (χ1) is 28.2. The van der Waals surface area contributed by atoms with Crippen LogP contribution in [0.1, 0.15) is 27.8 Å². The topological polar surface area (TPSA) is 49.6 Å². The first-order valence-corrected chi connectivity index (χ1v) is 19.2. The van der Waals surface area contributed by atoms with Crippen molar-refractivity contribution in [3.63, 3.8) is 0 Å². The molecule has 0 N–H and O–H groups in total. The van der Waals surface area contributed by atoms with Gasteiger partial charge < -0.3 is 0 Å². The second-order valence-electron chi connectivity index (χ2n) is 14.5. The lowest BCUT2D eigenvalue weighted by Crippen LogP contribution is -2.28. The highest BCUT2D eigenvalue weighted by atomic mass is 14.9. The van der Waals surface area contributed by atoms with E-state index >= 15 is 0 Å². The third-order valence-corrected chi connectivity index (χ3v) is 11.2. The Morgan fingerprint density at radius 3 is 1.42 bits per heavy atom. The summed E-state index contributed by atoms with van der Waals surface area (Å²) in [6, 6.07) is 77.1. The van der Waals surface area contributed by atoms with Gasteiger partial charge in [0.25, 0.3) is 0 Å². The van der Waals surface area contributed by atoms with Crippen LogP contribution in [0, 0.1) is 11.3 Å². The Bertz CT molecular complexity index is 2860. The van der Waals surface area contributed by atoms with Crippen molar-refractivity contribution in [2.45, 2.75) is 5.41 Å². The first kappa shape index (κ1) is 33.9. The summed E-state index contributed by atoms with van der Waals surface area (Å²) in [4.78, 5) is 10.3. The molecule has 1 aromatic heterocycles. The van der Waals surface area contributed by atoms with Crippen molar-refractivity contribution in [2.24, 2.45) is 0 Å². The third kappa shape index (κ3) is 5.92. The van der Waals surface area contributed by atoms with Crippen molar-refractivity contribution >= 4 is 0 Å². The van der Waals surface area contributed by atoms with Gasteiger partial charge in [0.1, 0.15) is 0 Å². The van der Waals surface area contributed by atoms with Gasteiger partial charge in [0.05, 0.1) is 28.4 Å². The van der Waals surface area contributed by atoms with Gasteiger partial charge >= 0.3 is 0 Å². The van der Waals surface area contributed by atoms with Crippen LogP contribution in [0.2, 0.25) is 0 Å². The average Bonchev–Trinajstić information content (AvgIpc) is 3.61. The summed E-state index contributed by atoms with van der Waals surface area (Å²) in [5, 5.41) is 9.36. The van der Waals surface area contributed by atoms with Crippen molar-refractivity contribution < 1.29 is 0 Å². The van der Waals surface area contributed by atoms with Gasteiger partial charge in [-0.2, -0.15) is 5.26 Å². The van der Waals surface area contributed by atoms with Crippen LogP contribution in [0.5, 0.6) is 0 Å². The number of nitriles is 1. The van der Waals surface area contributed by atoms with Crippen LogP contribution in [0.4, 0.5) is 0 Å². The van der Waals surface area contributed by atoms with Crippen molar-refractivity contribution in [3.05, 3.63) is 240 Å². The van der Waals surface area contributed by atoms with Gasteiger partial charge in [0.15, 0.2) is 5.82 Å². The minimum Gasteiger partial charge on any atom is -0.228 e. The van der Waals surface area contributed by atoms with Gasteiger partial charge in [0.2, 0.25) is 0 Å². The molecule has 0 unspecified atom stereocenters. The molecule has 1 heterocycles. The van der Waals surface area contributed by atoms with E-state index in [0.717, 1.165) is 50.3 Å². The minimum absolute atomic E-state index is 0.610. The van der Waals surface area contributed by atoms with Crippen molar-refractivity contribution in [1.29, 1.82) is 5.26 Å². The third-order valence-electron chi connectivity index (χ3n) is 11.2. The van der Waals surface area contributed by atoms with Crippen LogP contribution in [0.15, 0.2) is 212 Å². The predicted molar refractivity (Wildman–Crippen MR) is 231 cm³/mol. The molecule has 0 saturated carbocycles. The zero-order valence-corrected chi connectivity index (χ0v) is 31.0. The molecule has 8 aromatic carbocycles. The molecule has 57 heavy (non-hydrogen) atoms. The van der Waals surface area contributed by atoms with Crippen LogP contribution in [-0.2, 0) is 5.41 Å². The SMILES string of the molecule is N#Cc1ccc(-c2cccc(-c3cccc(C4(c5cccc(-c6cc(-c7ccccc7)nc(-c7ccccc7)n6)c5)c5ccccc5-c5ccccc54)c3)c2)cc1. The highest BCUT2D eigenvalue weighted by molar-refractivity contribution is 5.87. The normalized spacial score (nSPS) is 12.3. The molecule has 0 spiro atoms.